The lowest BCUT2D eigenvalue weighted by molar-refractivity contribution is -0.385. The van der Waals surface area contributed by atoms with Gasteiger partial charge in [-0.15, -0.1) is 0 Å². The smallest absolute Gasteiger partial charge is 0.274 e. The minimum Gasteiger partial charge on any atom is -0.307 e. The molecule has 1 N–H and O–H groups in total. The summed E-state index contributed by atoms with van der Waals surface area (Å²) in [5.74, 6) is -0.498. The molecule has 6 nitrogen and oxygen atoms in total. The van der Waals surface area contributed by atoms with Crippen molar-refractivity contribution in [2.45, 2.75) is 13.1 Å². The first-order chi connectivity index (χ1) is 9.16. The third-order valence-corrected chi connectivity index (χ3v) is 2.49. The summed E-state index contributed by atoms with van der Waals surface area (Å²) >= 11 is 0. The van der Waals surface area contributed by atoms with Crippen LogP contribution < -0.4 is 5.32 Å². The van der Waals surface area contributed by atoms with E-state index in [2.05, 4.69) is 15.5 Å². The minimum atomic E-state index is -0.529. The summed E-state index contributed by atoms with van der Waals surface area (Å²) in [7, 11) is 0. The highest BCUT2D eigenvalue weighted by Gasteiger charge is 2.13. The van der Waals surface area contributed by atoms with Gasteiger partial charge in [0.25, 0.3) is 5.69 Å². The van der Waals surface area contributed by atoms with E-state index in [-0.39, 0.29) is 12.2 Å². The molecule has 0 saturated heterocycles. The van der Waals surface area contributed by atoms with Crippen molar-refractivity contribution in [1.82, 2.24) is 15.5 Å². The van der Waals surface area contributed by atoms with Crippen LogP contribution in [0.2, 0.25) is 0 Å². The lowest BCUT2D eigenvalue weighted by atomic mass is 10.1. The minimum absolute atomic E-state index is 0.104. The van der Waals surface area contributed by atoms with Gasteiger partial charge in [-0.1, -0.05) is 0 Å². The Morgan fingerprint density at radius 2 is 2.16 bits per heavy atom. The molecular weight excluding hydrogens is 251 g/mol. The van der Waals surface area contributed by atoms with Crippen molar-refractivity contribution in [2.75, 3.05) is 0 Å². The molecule has 98 valence electrons. The Morgan fingerprint density at radius 3 is 2.84 bits per heavy atom. The molecule has 0 fully saturated rings. The van der Waals surface area contributed by atoms with Crippen molar-refractivity contribution < 1.29 is 9.31 Å². The van der Waals surface area contributed by atoms with Crippen LogP contribution in [0.5, 0.6) is 0 Å². The lowest BCUT2D eigenvalue weighted by Gasteiger charge is -2.05. The number of nitro groups is 1. The molecule has 0 atom stereocenters. The fourth-order valence-corrected chi connectivity index (χ4v) is 1.63. The Bertz CT molecular complexity index is 577. The third-order valence-electron chi connectivity index (χ3n) is 2.49. The molecule has 0 radical (unpaired) electrons. The number of halogens is 1. The van der Waals surface area contributed by atoms with Gasteiger partial charge >= 0.3 is 0 Å². The highest BCUT2D eigenvalue weighted by atomic mass is 19.1. The number of aromatic nitrogens is 2. The normalized spacial score (nSPS) is 10.4. The summed E-state index contributed by atoms with van der Waals surface area (Å²) in [4.78, 5) is 10.3. The Balaban J connectivity index is 2.03. The maximum atomic E-state index is 13.1. The van der Waals surface area contributed by atoms with Gasteiger partial charge < -0.3 is 5.32 Å². The van der Waals surface area contributed by atoms with E-state index in [1.807, 2.05) is 0 Å². The van der Waals surface area contributed by atoms with Gasteiger partial charge in [0.15, 0.2) is 0 Å². The van der Waals surface area contributed by atoms with E-state index >= 15 is 0 Å². The highest BCUT2D eigenvalue weighted by Crippen LogP contribution is 2.19. The van der Waals surface area contributed by atoms with Crippen LogP contribution in [0, 0.1) is 15.9 Å². The van der Waals surface area contributed by atoms with Crippen LogP contribution in [0.15, 0.2) is 36.5 Å². The van der Waals surface area contributed by atoms with Gasteiger partial charge in [0.2, 0.25) is 0 Å². The number of benzene rings is 1. The molecule has 1 aromatic carbocycles. The van der Waals surface area contributed by atoms with Gasteiger partial charge in [-0.2, -0.15) is 10.2 Å². The van der Waals surface area contributed by atoms with Crippen molar-refractivity contribution in [3.8, 4) is 0 Å². The average molecular weight is 262 g/mol. The van der Waals surface area contributed by atoms with Gasteiger partial charge in [0.05, 0.1) is 10.6 Å². The van der Waals surface area contributed by atoms with Crippen LogP contribution in [0.4, 0.5) is 10.1 Å². The molecule has 19 heavy (non-hydrogen) atoms. The molecule has 0 aliphatic heterocycles. The van der Waals surface area contributed by atoms with Crippen molar-refractivity contribution >= 4 is 5.69 Å². The van der Waals surface area contributed by atoms with Gasteiger partial charge in [0.1, 0.15) is 5.82 Å². The van der Waals surface area contributed by atoms with E-state index in [1.165, 1.54) is 0 Å². The van der Waals surface area contributed by atoms with Gasteiger partial charge in [-0.25, -0.2) is 4.39 Å². The first-order valence-electron chi connectivity index (χ1n) is 5.57. The molecule has 0 unspecified atom stereocenters. The Labute approximate surface area is 108 Å². The van der Waals surface area contributed by atoms with Crippen LogP contribution in [0.3, 0.4) is 0 Å². The molecule has 0 aliphatic rings. The number of rotatable bonds is 5. The summed E-state index contributed by atoms with van der Waals surface area (Å²) in [6.45, 7) is 0.589. The van der Waals surface area contributed by atoms with E-state index in [0.29, 0.717) is 17.8 Å². The van der Waals surface area contributed by atoms with Crippen molar-refractivity contribution in [3.05, 3.63) is 63.7 Å². The largest absolute Gasteiger partial charge is 0.307 e. The highest BCUT2D eigenvalue weighted by molar-refractivity contribution is 5.40. The zero-order valence-electron chi connectivity index (χ0n) is 9.91. The predicted molar refractivity (Wildman–Crippen MR) is 65.6 cm³/mol. The number of hydrogen-bond acceptors (Lipinski definition) is 5. The molecule has 0 spiro atoms. The first kappa shape index (κ1) is 13.0. The molecule has 1 aromatic heterocycles. The number of nitrogens with one attached hydrogen (secondary N) is 1. The SMILES string of the molecule is O=[N+]([O-])c1ccc(F)cc1CNCc1cccnn1. The van der Waals surface area contributed by atoms with E-state index in [1.54, 1.807) is 18.3 Å². The maximum absolute atomic E-state index is 13.1. The molecular formula is C12H11FN4O2. The fourth-order valence-electron chi connectivity index (χ4n) is 1.63. The second-order valence-electron chi connectivity index (χ2n) is 3.85. The van der Waals surface area contributed by atoms with E-state index in [0.717, 1.165) is 18.2 Å². The van der Waals surface area contributed by atoms with Gasteiger partial charge in [0, 0.05) is 30.9 Å². The van der Waals surface area contributed by atoms with Crippen molar-refractivity contribution in [3.63, 3.8) is 0 Å². The predicted octanol–water partition coefficient (Wildman–Crippen LogP) is 1.81. The molecule has 2 rings (SSSR count). The molecule has 2 aromatic rings. The second-order valence-corrected chi connectivity index (χ2v) is 3.85. The monoisotopic (exact) mass is 262 g/mol. The molecule has 0 saturated carbocycles. The summed E-state index contributed by atoms with van der Waals surface area (Å²) in [6.07, 6.45) is 1.56. The van der Waals surface area contributed by atoms with Crippen LogP contribution in [0.25, 0.3) is 0 Å². The van der Waals surface area contributed by atoms with Crippen molar-refractivity contribution in [2.24, 2.45) is 0 Å². The summed E-state index contributed by atoms with van der Waals surface area (Å²) < 4.78 is 13.1. The lowest BCUT2D eigenvalue weighted by Crippen LogP contribution is -2.15. The molecule has 0 amide bonds. The third kappa shape index (κ3) is 3.52. The standard InChI is InChI=1S/C12H11FN4O2/c13-10-3-4-12(17(18)19)9(6-10)7-14-8-11-2-1-5-15-16-11/h1-6,14H,7-8H2. The number of nitrogens with zero attached hydrogens (tertiary/aromatic N) is 3. The zero-order valence-corrected chi connectivity index (χ0v) is 9.91. The summed E-state index contributed by atoms with van der Waals surface area (Å²) in [5.41, 5.74) is 0.906. The molecule has 7 heteroatoms. The molecule has 0 aliphatic carbocycles. The Hall–Kier alpha value is -2.41. The Morgan fingerprint density at radius 1 is 1.32 bits per heavy atom. The maximum Gasteiger partial charge on any atom is 0.274 e. The summed E-state index contributed by atoms with van der Waals surface area (Å²) in [6, 6.07) is 6.91. The van der Waals surface area contributed by atoms with Crippen molar-refractivity contribution in [1.29, 1.82) is 0 Å². The van der Waals surface area contributed by atoms with Crippen LogP contribution >= 0.6 is 0 Å². The number of hydrogen-bond donors (Lipinski definition) is 1. The molecule has 1 heterocycles. The van der Waals surface area contributed by atoms with E-state index < -0.39 is 10.7 Å². The fraction of sp³-hybridized carbons (Fsp3) is 0.167. The van der Waals surface area contributed by atoms with Gasteiger partial charge in [-0.05, 0) is 24.3 Å². The van der Waals surface area contributed by atoms with E-state index in [4.69, 9.17) is 0 Å². The quantitative estimate of drug-likeness (QED) is 0.656. The second kappa shape index (κ2) is 5.96. The Kier molecular flexibility index (Phi) is 4.09. The molecule has 0 bridgehead atoms. The zero-order chi connectivity index (χ0) is 13.7. The van der Waals surface area contributed by atoms with Crippen LogP contribution in [-0.2, 0) is 13.1 Å². The van der Waals surface area contributed by atoms with E-state index in [9.17, 15) is 14.5 Å². The summed E-state index contributed by atoms with van der Waals surface area (Å²) in [5, 5.41) is 21.3. The number of nitro benzene ring substituents is 1. The van der Waals surface area contributed by atoms with Gasteiger partial charge in [-0.3, -0.25) is 10.1 Å². The van der Waals surface area contributed by atoms with Crippen LogP contribution in [-0.4, -0.2) is 15.1 Å². The topological polar surface area (TPSA) is 81.0 Å². The average Bonchev–Trinajstić information content (AvgIpc) is 2.39. The van der Waals surface area contributed by atoms with Crippen LogP contribution in [0.1, 0.15) is 11.3 Å². The first-order valence-corrected chi connectivity index (χ1v) is 5.57.